The van der Waals surface area contributed by atoms with E-state index in [-0.39, 0.29) is 5.56 Å². The van der Waals surface area contributed by atoms with Gasteiger partial charge in [0.25, 0.3) is 0 Å². The molecule has 2 aromatic rings. The highest BCUT2D eigenvalue weighted by Crippen LogP contribution is 2.16. The van der Waals surface area contributed by atoms with E-state index in [1.54, 1.807) is 18.2 Å². The average Bonchev–Trinajstić information content (AvgIpc) is 2.46. The molecule has 1 aromatic heterocycles. The minimum absolute atomic E-state index is 0.183. The van der Waals surface area contributed by atoms with Crippen LogP contribution in [0, 0.1) is 0 Å². The summed E-state index contributed by atoms with van der Waals surface area (Å²) in [5.74, 6) is -0.671. The lowest BCUT2D eigenvalue weighted by Gasteiger charge is -2.08. The number of nitrogens with zero attached hydrogens (tertiary/aromatic N) is 1. The Balaban J connectivity index is 2.14. The molecule has 1 aromatic carbocycles. The molecule has 0 radical (unpaired) electrons. The Morgan fingerprint density at radius 2 is 2.00 bits per heavy atom. The van der Waals surface area contributed by atoms with E-state index in [4.69, 9.17) is 21.4 Å². The molecule has 0 bridgehead atoms. The average molecular weight is 292 g/mol. The molecule has 0 aliphatic carbocycles. The van der Waals surface area contributed by atoms with Crippen molar-refractivity contribution in [3.63, 3.8) is 0 Å². The van der Waals surface area contributed by atoms with Crippen molar-refractivity contribution >= 4 is 17.6 Å². The normalized spacial score (nSPS) is 10.3. The monoisotopic (exact) mass is 291 g/mol. The molecule has 20 heavy (non-hydrogen) atoms. The number of hydrogen-bond acceptors (Lipinski definition) is 3. The van der Waals surface area contributed by atoms with Gasteiger partial charge in [-0.2, -0.15) is 0 Å². The van der Waals surface area contributed by atoms with Crippen molar-refractivity contribution in [2.75, 3.05) is 0 Å². The Hall–Kier alpha value is -2.07. The number of ether oxygens (including phenoxy) is 1. The van der Waals surface area contributed by atoms with Crippen LogP contribution in [0.2, 0.25) is 5.02 Å². The molecule has 0 saturated heterocycles. The van der Waals surface area contributed by atoms with Gasteiger partial charge in [-0.25, -0.2) is 9.78 Å². The summed E-state index contributed by atoms with van der Waals surface area (Å²) >= 11 is 5.81. The zero-order valence-corrected chi connectivity index (χ0v) is 11.7. The van der Waals surface area contributed by atoms with Crippen LogP contribution in [0.4, 0.5) is 0 Å². The second-order valence-electron chi connectivity index (χ2n) is 4.26. The van der Waals surface area contributed by atoms with E-state index >= 15 is 0 Å². The van der Waals surface area contributed by atoms with E-state index in [1.165, 1.54) is 6.07 Å². The van der Waals surface area contributed by atoms with Gasteiger partial charge in [0, 0.05) is 16.8 Å². The molecule has 5 heteroatoms. The lowest BCUT2D eigenvalue weighted by Crippen LogP contribution is -2.03. The zero-order valence-electron chi connectivity index (χ0n) is 11.0. The van der Waals surface area contributed by atoms with Gasteiger partial charge in [-0.3, -0.25) is 0 Å². The number of pyridine rings is 1. The number of carboxylic acid groups (broad SMARTS) is 1. The molecule has 0 aliphatic heterocycles. The van der Waals surface area contributed by atoms with Crippen molar-refractivity contribution in [1.29, 1.82) is 0 Å². The van der Waals surface area contributed by atoms with E-state index in [0.29, 0.717) is 29.6 Å². The van der Waals surface area contributed by atoms with Gasteiger partial charge >= 0.3 is 5.97 Å². The molecule has 4 nitrogen and oxygen atoms in total. The maximum absolute atomic E-state index is 11.0. The molecule has 0 atom stereocenters. The number of aromatic carboxylic acids is 1. The molecule has 2 rings (SSSR count). The first-order valence-electron chi connectivity index (χ1n) is 6.20. The van der Waals surface area contributed by atoms with Gasteiger partial charge in [0.2, 0.25) is 5.88 Å². The number of halogens is 1. The summed E-state index contributed by atoms with van der Waals surface area (Å²) in [5, 5.41) is 9.71. The van der Waals surface area contributed by atoms with Gasteiger partial charge in [-0.05, 0) is 30.2 Å². The van der Waals surface area contributed by atoms with Gasteiger partial charge in [-0.15, -0.1) is 0 Å². The third-order valence-electron chi connectivity index (χ3n) is 2.76. The van der Waals surface area contributed by atoms with Crippen molar-refractivity contribution in [1.82, 2.24) is 4.98 Å². The van der Waals surface area contributed by atoms with Crippen molar-refractivity contribution < 1.29 is 14.6 Å². The van der Waals surface area contributed by atoms with Crippen LogP contribution in [-0.2, 0) is 13.0 Å². The fraction of sp³-hybridized carbons (Fsp3) is 0.200. The lowest BCUT2D eigenvalue weighted by atomic mass is 10.2. The first-order valence-corrected chi connectivity index (χ1v) is 6.57. The predicted molar refractivity (Wildman–Crippen MR) is 76.4 cm³/mol. The Morgan fingerprint density at radius 1 is 1.30 bits per heavy atom. The fourth-order valence-corrected chi connectivity index (χ4v) is 1.80. The highest BCUT2D eigenvalue weighted by atomic mass is 35.5. The Morgan fingerprint density at radius 3 is 2.60 bits per heavy atom. The quantitative estimate of drug-likeness (QED) is 0.915. The summed E-state index contributed by atoms with van der Waals surface area (Å²) in [5.41, 5.74) is 1.81. The number of carboxylic acids is 1. The molecule has 0 aliphatic rings. The van der Waals surface area contributed by atoms with E-state index in [9.17, 15) is 4.79 Å². The third-order valence-corrected chi connectivity index (χ3v) is 3.02. The first kappa shape index (κ1) is 14.3. The van der Waals surface area contributed by atoms with Crippen LogP contribution in [0.3, 0.4) is 0 Å². The Labute approximate surface area is 122 Å². The molecule has 0 saturated carbocycles. The SMILES string of the molecule is CCc1cc(C(=O)O)cc(OCc2ccc(Cl)cc2)n1. The lowest BCUT2D eigenvalue weighted by molar-refractivity contribution is 0.0696. The van der Waals surface area contributed by atoms with Gasteiger partial charge in [-0.1, -0.05) is 30.7 Å². The maximum Gasteiger partial charge on any atom is 0.335 e. The van der Waals surface area contributed by atoms with E-state index in [1.807, 2.05) is 19.1 Å². The molecule has 1 heterocycles. The molecule has 0 amide bonds. The smallest absolute Gasteiger partial charge is 0.335 e. The van der Waals surface area contributed by atoms with Gasteiger partial charge < -0.3 is 9.84 Å². The molecule has 0 unspecified atom stereocenters. The third kappa shape index (κ3) is 3.71. The van der Waals surface area contributed by atoms with Crippen LogP contribution < -0.4 is 4.74 Å². The number of rotatable bonds is 5. The summed E-state index contributed by atoms with van der Waals surface area (Å²) in [6.07, 6.45) is 0.651. The molecule has 1 N–H and O–H groups in total. The number of benzene rings is 1. The maximum atomic E-state index is 11.0. The van der Waals surface area contributed by atoms with E-state index < -0.39 is 5.97 Å². The minimum atomic E-state index is -0.988. The molecular formula is C15H14ClNO3. The van der Waals surface area contributed by atoms with Gasteiger partial charge in [0.05, 0.1) is 5.56 Å². The highest BCUT2D eigenvalue weighted by molar-refractivity contribution is 6.30. The number of hydrogen-bond donors (Lipinski definition) is 1. The topological polar surface area (TPSA) is 59.4 Å². The predicted octanol–water partition coefficient (Wildman–Crippen LogP) is 3.57. The van der Waals surface area contributed by atoms with Crippen molar-refractivity contribution in [3.05, 3.63) is 58.2 Å². The molecular weight excluding hydrogens is 278 g/mol. The van der Waals surface area contributed by atoms with Crippen LogP contribution in [0.1, 0.15) is 28.5 Å². The summed E-state index contributed by atoms with van der Waals surface area (Å²) in [4.78, 5) is 15.3. The van der Waals surface area contributed by atoms with Crippen LogP contribution in [0.5, 0.6) is 5.88 Å². The number of aromatic nitrogens is 1. The van der Waals surface area contributed by atoms with Crippen molar-refractivity contribution in [2.24, 2.45) is 0 Å². The Bertz CT molecular complexity index is 611. The van der Waals surface area contributed by atoms with E-state index in [0.717, 1.165) is 5.56 Å². The Kier molecular flexibility index (Phi) is 4.58. The summed E-state index contributed by atoms with van der Waals surface area (Å²) in [7, 11) is 0. The van der Waals surface area contributed by atoms with Gasteiger partial charge in [0.1, 0.15) is 6.61 Å². The largest absolute Gasteiger partial charge is 0.478 e. The number of carbonyl (C=O) groups is 1. The first-order chi connectivity index (χ1) is 9.58. The molecule has 0 spiro atoms. The zero-order chi connectivity index (χ0) is 14.5. The second-order valence-corrected chi connectivity index (χ2v) is 4.70. The van der Waals surface area contributed by atoms with Crippen LogP contribution in [0.25, 0.3) is 0 Å². The summed E-state index contributed by atoms with van der Waals surface area (Å²) in [6.45, 7) is 2.23. The standard InChI is InChI=1S/C15H14ClNO3/c1-2-13-7-11(15(18)19)8-14(17-13)20-9-10-3-5-12(16)6-4-10/h3-8H,2,9H2,1H3,(H,18,19). The molecule has 0 fully saturated rings. The minimum Gasteiger partial charge on any atom is -0.478 e. The van der Waals surface area contributed by atoms with E-state index in [2.05, 4.69) is 4.98 Å². The summed E-state index contributed by atoms with van der Waals surface area (Å²) in [6, 6.07) is 10.2. The summed E-state index contributed by atoms with van der Waals surface area (Å²) < 4.78 is 5.55. The van der Waals surface area contributed by atoms with Crippen LogP contribution >= 0.6 is 11.6 Å². The van der Waals surface area contributed by atoms with Crippen LogP contribution in [0.15, 0.2) is 36.4 Å². The highest BCUT2D eigenvalue weighted by Gasteiger charge is 2.08. The number of aryl methyl sites for hydroxylation is 1. The fourth-order valence-electron chi connectivity index (χ4n) is 1.68. The van der Waals surface area contributed by atoms with Crippen molar-refractivity contribution in [3.8, 4) is 5.88 Å². The molecule has 104 valence electrons. The van der Waals surface area contributed by atoms with Crippen molar-refractivity contribution in [2.45, 2.75) is 20.0 Å². The van der Waals surface area contributed by atoms with Gasteiger partial charge in [0.15, 0.2) is 0 Å². The van der Waals surface area contributed by atoms with Crippen LogP contribution in [-0.4, -0.2) is 16.1 Å². The second kappa shape index (κ2) is 6.39.